The van der Waals surface area contributed by atoms with Crippen molar-refractivity contribution in [3.05, 3.63) is 35.4 Å². The van der Waals surface area contributed by atoms with Crippen LogP contribution in [-0.4, -0.2) is 6.54 Å². The Bertz CT molecular complexity index is 322. The SMILES string of the molecule is CCCNC(c1cccc(C)c1)C(C)(C)C. The number of aryl methyl sites for hydroxylation is 1. The molecule has 1 heteroatoms. The number of rotatable bonds is 4. The van der Waals surface area contributed by atoms with Gasteiger partial charge in [-0.15, -0.1) is 0 Å². The van der Waals surface area contributed by atoms with Crippen molar-refractivity contribution in [3.8, 4) is 0 Å². The van der Waals surface area contributed by atoms with Crippen molar-refractivity contribution in [3.63, 3.8) is 0 Å². The van der Waals surface area contributed by atoms with Crippen molar-refractivity contribution in [2.75, 3.05) is 6.54 Å². The van der Waals surface area contributed by atoms with E-state index in [0.29, 0.717) is 6.04 Å². The average molecular weight is 219 g/mol. The number of nitrogens with one attached hydrogen (secondary N) is 1. The Morgan fingerprint density at radius 3 is 2.44 bits per heavy atom. The monoisotopic (exact) mass is 219 g/mol. The Kier molecular flexibility index (Phi) is 4.55. The Morgan fingerprint density at radius 1 is 1.25 bits per heavy atom. The minimum atomic E-state index is 0.253. The van der Waals surface area contributed by atoms with E-state index in [1.165, 1.54) is 17.5 Å². The van der Waals surface area contributed by atoms with Crippen LogP contribution < -0.4 is 5.32 Å². The lowest BCUT2D eigenvalue weighted by atomic mass is 9.82. The molecule has 0 fully saturated rings. The fraction of sp³-hybridized carbons (Fsp3) is 0.600. The topological polar surface area (TPSA) is 12.0 Å². The van der Waals surface area contributed by atoms with Gasteiger partial charge >= 0.3 is 0 Å². The zero-order valence-corrected chi connectivity index (χ0v) is 11.3. The summed E-state index contributed by atoms with van der Waals surface area (Å²) in [6.07, 6.45) is 1.18. The summed E-state index contributed by atoms with van der Waals surface area (Å²) in [6, 6.07) is 9.26. The largest absolute Gasteiger partial charge is 0.309 e. The van der Waals surface area contributed by atoms with Crippen molar-refractivity contribution < 1.29 is 0 Å². The molecule has 1 unspecified atom stereocenters. The maximum absolute atomic E-state index is 3.65. The molecule has 1 rings (SSSR count). The standard InChI is InChI=1S/C15H25N/c1-6-10-16-14(15(3,4)5)13-9-7-8-12(2)11-13/h7-9,11,14,16H,6,10H2,1-5H3. The highest BCUT2D eigenvalue weighted by molar-refractivity contribution is 5.26. The molecular formula is C15H25N. The van der Waals surface area contributed by atoms with Crippen LogP contribution in [-0.2, 0) is 0 Å². The summed E-state index contributed by atoms with van der Waals surface area (Å²) in [7, 11) is 0. The molecule has 0 aromatic heterocycles. The zero-order valence-electron chi connectivity index (χ0n) is 11.3. The molecule has 0 spiro atoms. The third-order valence-corrected chi connectivity index (χ3v) is 2.84. The first-order valence-electron chi connectivity index (χ1n) is 6.25. The molecule has 90 valence electrons. The zero-order chi connectivity index (χ0) is 12.2. The van der Waals surface area contributed by atoms with Gasteiger partial charge in [-0.3, -0.25) is 0 Å². The lowest BCUT2D eigenvalue weighted by Gasteiger charge is -2.32. The van der Waals surface area contributed by atoms with E-state index in [-0.39, 0.29) is 5.41 Å². The summed E-state index contributed by atoms with van der Waals surface area (Å²) in [6.45, 7) is 12.3. The van der Waals surface area contributed by atoms with Crippen LogP contribution in [0.3, 0.4) is 0 Å². The van der Waals surface area contributed by atoms with E-state index in [4.69, 9.17) is 0 Å². The normalized spacial score (nSPS) is 13.8. The smallest absolute Gasteiger partial charge is 0.0369 e. The second kappa shape index (κ2) is 5.49. The highest BCUT2D eigenvalue weighted by Crippen LogP contribution is 2.32. The molecule has 1 aromatic rings. The molecule has 0 aliphatic carbocycles. The van der Waals surface area contributed by atoms with E-state index >= 15 is 0 Å². The third kappa shape index (κ3) is 3.64. The van der Waals surface area contributed by atoms with Crippen LogP contribution in [0.2, 0.25) is 0 Å². The van der Waals surface area contributed by atoms with Gasteiger partial charge in [0.15, 0.2) is 0 Å². The van der Waals surface area contributed by atoms with Gasteiger partial charge in [-0.2, -0.15) is 0 Å². The molecule has 0 radical (unpaired) electrons. The molecule has 1 N–H and O–H groups in total. The maximum atomic E-state index is 3.65. The molecule has 0 heterocycles. The van der Waals surface area contributed by atoms with Crippen LogP contribution in [0, 0.1) is 12.3 Å². The highest BCUT2D eigenvalue weighted by atomic mass is 14.9. The molecule has 0 aliphatic heterocycles. The predicted octanol–water partition coefficient (Wildman–Crippen LogP) is 4.08. The second-order valence-corrected chi connectivity index (χ2v) is 5.67. The van der Waals surface area contributed by atoms with Crippen LogP contribution in [0.25, 0.3) is 0 Å². The van der Waals surface area contributed by atoms with E-state index < -0.39 is 0 Å². The van der Waals surface area contributed by atoms with Crippen LogP contribution in [0.15, 0.2) is 24.3 Å². The summed E-state index contributed by atoms with van der Waals surface area (Å²) in [5.41, 5.74) is 2.99. The molecule has 0 bridgehead atoms. The Morgan fingerprint density at radius 2 is 1.94 bits per heavy atom. The van der Waals surface area contributed by atoms with E-state index in [0.717, 1.165) is 6.54 Å². The molecule has 0 aliphatic rings. The fourth-order valence-corrected chi connectivity index (χ4v) is 2.06. The van der Waals surface area contributed by atoms with Gasteiger partial charge in [0.2, 0.25) is 0 Å². The van der Waals surface area contributed by atoms with E-state index in [1.54, 1.807) is 0 Å². The summed E-state index contributed by atoms with van der Waals surface area (Å²) >= 11 is 0. The van der Waals surface area contributed by atoms with Gasteiger partial charge in [-0.05, 0) is 30.9 Å². The average Bonchev–Trinajstić information content (AvgIpc) is 2.16. The quantitative estimate of drug-likeness (QED) is 0.804. The first-order chi connectivity index (χ1) is 7.45. The van der Waals surface area contributed by atoms with Crippen molar-refractivity contribution in [2.24, 2.45) is 5.41 Å². The Balaban J connectivity index is 2.92. The van der Waals surface area contributed by atoms with Crippen LogP contribution >= 0.6 is 0 Å². The minimum Gasteiger partial charge on any atom is -0.309 e. The van der Waals surface area contributed by atoms with Crippen molar-refractivity contribution in [2.45, 2.75) is 47.1 Å². The molecule has 0 saturated heterocycles. The summed E-state index contributed by atoms with van der Waals surface area (Å²) in [4.78, 5) is 0. The van der Waals surface area contributed by atoms with Crippen LogP contribution in [0.5, 0.6) is 0 Å². The maximum Gasteiger partial charge on any atom is 0.0369 e. The molecule has 16 heavy (non-hydrogen) atoms. The minimum absolute atomic E-state index is 0.253. The molecule has 1 atom stereocenters. The van der Waals surface area contributed by atoms with E-state index in [9.17, 15) is 0 Å². The third-order valence-electron chi connectivity index (χ3n) is 2.84. The predicted molar refractivity (Wildman–Crippen MR) is 71.7 cm³/mol. The van der Waals surface area contributed by atoms with E-state index in [2.05, 4.69) is 64.2 Å². The van der Waals surface area contributed by atoms with Gasteiger partial charge < -0.3 is 5.32 Å². The second-order valence-electron chi connectivity index (χ2n) is 5.67. The summed E-state index contributed by atoms with van der Waals surface area (Å²) in [5, 5.41) is 3.65. The van der Waals surface area contributed by atoms with Gasteiger partial charge in [0.25, 0.3) is 0 Å². The van der Waals surface area contributed by atoms with Crippen LogP contribution in [0.1, 0.15) is 51.3 Å². The number of hydrogen-bond acceptors (Lipinski definition) is 1. The molecule has 0 saturated carbocycles. The molecule has 1 nitrogen and oxygen atoms in total. The fourth-order valence-electron chi connectivity index (χ4n) is 2.06. The van der Waals surface area contributed by atoms with E-state index in [1.807, 2.05) is 0 Å². The van der Waals surface area contributed by atoms with Gasteiger partial charge in [0.05, 0.1) is 0 Å². The van der Waals surface area contributed by atoms with Crippen molar-refractivity contribution in [1.82, 2.24) is 5.32 Å². The number of hydrogen-bond donors (Lipinski definition) is 1. The molecular weight excluding hydrogens is 194 g/mol. The highest BCUT2D eigenvalue weighted by Gasteiger charge is 2.25. The van der Waals surface area contributed by atoms with Crippen LogP contribution in [0.4, 0.5) is 0 Å². The molecule has 1 aromatic carbocycles. The first kappa shape index (κ1) is 13.2. The summed E-state index contributed by atoms with van der Waals surface area (Å²) < 4.78 is 0. The van der Waals surface area contributed by atoms with Gasteiger partial charge in [-0.1, -0.05) is 57.5 Å². The van der Waals surface area contributed by atoms with Gasteiger partial charge in [-0.25, -0.2) is 0 Å². The number of benzene rings is 1. The Hall–Kier alpha value is -0.820. The Labute approximate surface area is 100 Å². The lowest BCUT2D eigenvalue weighted by Crippen LogP contribution is -2.32. The molecule has 0 amide bonds. The van der Waals surface area contributed by atoms with Gasteiger partial charge in [0, 0.05) is 6.04 Å². The lowest BCUT2D eigenvalue weighted by molar-refractivity contribution is 0.273. The van der Waals surface area contributed by atoms with Crippen molar-refractivity contribution >= 4 is 0 Å². The van der Waals surface area contributed by atoms with Crippen molar-refractivity contribution in [1.29, 1.82) is 0 Å². The first-order valence-corrected chi connectivity index (χ1v) is 6.25. The van der Waals surface area contributed by atoms with Gasteiger partial charge in [0.1, 0.15) is 0 Å². The summed E-state index contributed by atoms with van der Waals surface area (Å²) in [5.74, 6) is 0.